The lowest BCUT2D eigenvalue weighted by atomic mass is 9.78. The highest BCUT2D eigenvalue weighted by atomic mass is 14.3. The van der Waals surface area contributed by atoms with E-state index in [1.54, 1.807) is 0 Å². The standard InChI is InChI=1S/C33H44/c1-3-5-7-8-9-11-29-14-18-31(19-15-29)21-23-33-26-24-32(25-27-33)22-20-30-16-12-28(13-17-30)10-6-4-2/h9,11,14-15,18-19,24-28,30H,3-8,10,12-13,16-17,20,22H2,1-2H3/b11-9+. The number of aryl methyl sites for hydroxylation is 1. The van der Waals surface area contributed by atoms with E-state index in [0.29, 0.717) is 0 Å². The van der Waals surface area contributed by atoms with Crippen molar-refractivity contribution in [3.63, 3.8) is 0 Å². The predicted molar refractivity (Wildman–Crippen MR) is 145 cm³/mol. The van der Waals surface area contributed by atoms with Gasteiger partial charge in [-0.15, -0.1) is 0 Å². The van der Waals surface area contributed by atoms with Crippen molar-refractivity contribution in [2.45, 2.75) is 97.3 Å². The summed E-state index contributed by atoms with van der Waals surface area (Å²) in [5, 5.41) is 0. The van der Waals surface area contributed by atoms with Gasteiger partial charge >= 0.3 is 0 Å². The molecule has 1 aliphatic rings. The van der Waals surface area contributed by atoms with E-state index in [0.717, 1.165) is 23.0 Å². The molecule has 33 heavy (non-hydrogen) atoms. The predicted octanol–water partition coefficient (Wildman–Crippen LogP) is 9.61. The molecule has 1 fully saturated rings. The maximum atomic E-state index is 3.33. The molecule has 0 heterocycles. The molecular formula is C33H44. The third-order valence-electron chi connectivity index (χ3n) is 7.27. The van der Waals surface area contributed by atoms with Crippen molar-refractivity contribution in [3.8, 4) is 11.8 Å². The molecule has 0 unspecified atom stereocenters. The summed E-state index contributed by atoms with van der Waals surface area (Å²) in [7, 11) is 0. The molecule has 176 valence electrons. The Hall–Kier alpha value is -2.26. The van der Waals surface area contributed by atoms with Gasteiger partial charge in [0.05, 0.1) is 0 Å². The molecule has 0 nitrogen and oxygen atoms in total. The smallest absolute Gasteiger partial charge is 0.0249 e. The third kappa shape index (κ3) is 9.63. The fraction of sp³-hybridized carbons (Fsp3) is 0.515. The monoisotopic (exact) mass is 440 g/mol. The summed E-state index contributed by atoms with van der Waals surface area (Å²) in [6, 6.07) is 17.5. The van der Waals surface area contributed by atoms with Crippen molar-refractivity contribution in [3.05, 3.63) is 76.9 Å². The van der Waals surface area contributed by atoms with Crippen LogP contribution in [0.15, 0.2) is 54.6 Å². The van der Waals surface area contributed by atoms with Crippen molar-refractivity contribution in [1.29, 1.82) is 0 Å². The van der Waals surface area contributed by atoms with Crippen LogP contribution >= 0.6 is 0 Å². The van der Waals surface area contributed by atoms with Crippen LogP contribution in [0.1, 0.15) is 113 Å². The largest absolute Gasteiger partial charge is 0.0839 e. The fourth-order valence-corrected chi connectivity index (χ4v) is 4.98. The molecular weight excluding hydrogens is 396 g/mol. The topological polar surface area (TPSA) is 0 Å². The Bertz CT molecular complexity index is 864. The summed E-state index contributed by atoms with van der Waals surface area (Å²) >= 11 is 0. The number of hydrogen-bond donors (Lipinski definition) is 0. The van der Waals surface area contributed by atoms with E-state index in [4.69, 9.17) is 0 Å². The number of rotatable bonds is 11. The van der Waals surface area contributed by atoms with Crippen molar-refractivity contribution in [2.24, 2.45) is 11.8 Å². The van der Waals surface area contributed by atoms with Crippen LogP contribution in [0.5, 0.6) is 0 Å². The zero-order chi connectivity index (χ0) is 23.1. The first kappa shape index (κ1) is 25.4. The molecule has 0 radical (unpaired) electrons. The minimum Gasteiger partial charge on any atom is -0.0839 e. The lowest BCUT2D eigenvalue weighted by Crippen LogP contribution is -2.15. The minimum absolute atomic E-state index is 0.941. The SMILES string of the molecule is CCCCC/C=C/c1ccc(C#Cc2ccc(CCC3CCC(CCCC)CC3)cc2)cc1. The van der Waals surface area contributed by atoms with Crippen LogP contribution in [0.4, 0.5) is 0 Å². The first-order valence-electron chi connectivity index (χ1n) is 13.6. The Balaban J connectivity index is 1.41. The zero-order valence-corrected chi connectivity index (χ0v) is 21.1. The van der Waals surface area contributed by atoms with E-state index in [-0.39, 0.29) is 0 Å². The van der Waals surface area contributed by atoms with Gasteiger partial charge in [0.1, 0.15) is 0 Å². The number of allylic oxidation sites excluding steroid dienone is 1. The van der Waals surface area contributed by atoms with Gasteiger partial charge in [0.15, 0.2) is 0 Å². The Labute approximate surface area is 203 Å². The molecule has 0 bridgehead atoms. The van der Waals surface area contributed by atoms with Gasteiger partial charge in [0.2, 0.25) is 0 Å². The molecule has 0 atom stereocenters. The second-order valence-corrected chi connectivity index (χ2v) is 10.0. The van der Waals surface area contributed by atoms with E-state index in [1.807, 2.05) is 0 Å². The molecule has 0 aromatic heterocycles. The zero-order valence-electron chi connectivity index (χ0n) is 21.1. The van der Waals surface area contributed by atoms with E-state index >= 15 is 0 Å². The minimum atomic E-state index is 0.941. The molecule has 0 aliphatic heterocycles. The molecule has 1 aliphatic carbocycles. The molecule has 0 spiro atoms. The van der Waals surface area contributed by atoms with Gasteiger partial charge in [-0.1, -0.05) is 120 Å². The fourth-order valence-electron chi connectivity index (χ4n) is 4.98. The lowest BCUT2D eigenvalue weighted by Gasteiger charge is -2.28. The molecule has 1 saturated carbocycles. The van der Waals surface area contributed by atoms with Gasteiger partial charge in [-0.05, 0) is 72.9 Å². The average molecular weight is 441 g/mol. The second-order valence-electron chi connectivity index (χ2n) is 10.0. The van der Waals surface area contributed by atoms with Gasteiger partial charge in [-0.3, -0.25) is 0 Å². The summed E-state index contributed by atoms with van der Waals surface area (Å²) in [6.07, 6.45) is 22.2. The van der Waals surface area contributed by atoms with Crippen molar-refractivity contribution in [2.75, 3.05) is 0 Å². The van der Waals surface area contributed by atoms with Crippen LogP contribution in [0, 0.1) is 23.7 Å². The highest BCUT2D eigenvalue weighted by Gasteiger charge is 2.20. The lowest BCUT2D eigenvalue weighted by molar-refractivity contribution is 0.250. The van der Waals surface area contributed by atoms with E-state index in [2.05, 4.69) is 86.4 Å². The highest BCUT2D eigenvalue weighted by Crippen LogP contribution is 2.34. The first-order chi connectivity index (χ1) is 16.3. The number of unbranched alkanes of at least 4 members (excludes halogenated alkanes) is 4. The van der Waals surface area contributed by atoms with Crippen LogP contribution in [0.2, 0.25) is 0 Å². The summed E-state index contributed by atoms with van der Waals surface area (Å²) < 4.78 is 0. The van der Waals surface area contributed by atoms with Gasteiger partial charge in [0.25, 0.3) is 0 Å². The second kappa shape index (κ2) is 14.8. The van der Waals surface area contributed by atoms with E-state index < -0.39 is 0 Å². The van der Waals surface area contributed by atoms with E-state index in [9.17, 15) is 0 Å². The van der Waals surface area contributed by atoms with Crippen LogP contribution in [-0.4, -0.2) is 0 Å². The maximum Gasteiger partial charge on any atom is 0.0249 e. The number of benzene rings is 2. The molecule has 0 N–H and O–H groups in total. The Kier molecular flexibility index (Phi) is 11.4. The Morgan fingerprint density at radius 3 is 1.88 bits per heavy atom. The van der Waals surface area contributed by atoms with Gasteiger partial charge < -0.3 is 0 Å². The van der Waals surface area contributed by atoms with Gasteiger partial charge in [-0.25, -0.2) is 0 Å². The average Bonchev–Trinajstić information content (AvgIpc) is 2.87. The third-order valence-corrected chi connectivity index (χ3v) is 7.27. The van der Waals surface area contributed by atoms with Crippen LogP contribution in [0.25, 0.3) is 6.08 Å². The molecule has 2 aromatic carbocycles. The van der Waals surface area contributed by atoms with Crippen molar-refractivity contribution >= 4 is 6.08 Å². The Morgan fingerprint density at radius 1 is 0.697 bits per heavy atom. The van der Waals surface area contributed by atoms with Crippen molar-refractivity contribution in [1.82, 2.24) is 0 Å². The molecule has 0 saturated heterocycles. The van der Waals surface area contributed by atoms with E-state index in [1.165, 1.54) is 94.6 Å². The first-order valence-corrected chi connectivity index (χ1v) is 13.6. The summed E-state index contributed by atoms with van der Waals surface area (Å²) in [5.74, 6) is 8.61. The van der Waals surface area contributed by atoms with Crippen molar-refractivity contribution < 1.29 is 0 Å². The maximum absolute atomic E-state index is 3.33. The van der Waals surface area contributed by atoms with Gasteiger partial charge in [0, 0.05) is 11.1 Å². The number of hydrogen-bond acceptors (Lipinski definition) is 0. The van der Waals surface area contributed by atoms with Crippen LogP contribution in [0.3, 0.4) is 0 Å². The molecule has 0 amide bonds. The Morgan fingerprint density at radius 2 is 1.27 bits per heavy atom. The summed E-state index contributed by atoms with van der Waals surface area (Å²) in [5.41, 5.74) is 4.91. The highest BCUT2D eigenvalue weighted by molar-refractivity contribution is 5.52. The molecule has 2 aromatic rings. The summed E-state index contributed by atoms with van der Waals surface area (Å²) in [4.78, 5) is 0. The normalized spacial score (nSPS) is 18.2. The molecule has 3 rings (SSSR count). The van der Waals surface area contributed by atoms with Crippen LogP contribution in [-0.2, 0) is 6.42 Å². The molecule has 0 heteroatoms. The van der Waals surface area contributed by atoms with Crippen LogP contribution < -0.4 is 0 Å². The summed E-state index contributed by atoms with van der Waals surface area (Å²) in [6.45, 7) is 4.56. The quantitative estimate of drug-likeness (QED) is 0.241. The van der Waals surface area contributed by atoms with Gasteiger partial charge in [-0.2, -0.15) is 0 Å².